The topological polar surface area (TPSA) is 117 Å². The number of rotatable bonds is 15. The first kappa shape index (κ1) is 18.7. The molecule has 0 aromatic carbocycles. The van der Waals surface area contributed by atoms with Gasteiger partial charge in [0, 0.05) is 52.4 Å². The van der Waals surface area contributed by atoms with Gasteiger partial charge >= 0.3 is 0 Å². The Morgan fingerprint density at radius 3 is 1.68 bits per heavy atom. The molecule has 0 rings (SSSR count). The van der Waals surface area contributed by atoms with Gasteiger partial charge in [-0.25, -0.2) is 5.01 Å². The highest BCUT2D eigenvalue weighted by molar-refractivity contribution is 4.57. The van der Waals surface area contributed by atoms with Crippen molar-refractivity contribution >= 4 is 0 Å². The van der Waals surface area contributed by atoms with Gasteiger partial charge in [-0.1, -0.05) is 0 Å². The van der Waals surface area contributed by atoms with Gasteiger partial charge in [0.1, 0.15) is 0 Å². The van der Waals surface area contributed by atoms with Crippen molar-refractivity contribution in [1.82, 2.24) is 21.1 Å². The highest BCUT2D eigenvalue weighted by Gasteiger charge is 2.02. The van der Waals surface area contributed by atoms with Crippen molar-refractivity contribution < 1.29 is 0 Å². The van der Waals surface area contributed by atoms with Gasteiger partial charge in [-0.2, -0.15) is 0 Å². The van der Waals surface area contributed by atoms with Crippen molar-refractivity contribution in [3.05, 3.63) is 0 Å². The van der Waals surface area contributed by atoms with Gasteiger partial charge in [0.05, 0.1) is 0 Å². The van der Waals surface area contributed by atoms with E-state index in [0.29, 0.717) is 6.54 Å². The lowest BCUT2D eigenvalue weighted by Gasteiger charge is -2.23. The fraction of sp³-hybridized carbons (Fsp3) is 1.00. The minimum absolute atomic E-state index is 0.693. The normalized spacial score (nSPS) is 11.4. The first-order chi connectivity index (χ1) is 9.35. The number of nitrogens with two attached hydrogens (primary N) is 3. The highest BCUT2D eigenvalue weighted by atomic mass is 15.5. The highest BCUT2D eigenvalue weighted by Crippen LogP contribution is 1.88. The van der Waals surface area contributed by atoms with Crippen LogP contribution in [0.5, 0.6) is 0 Å². The quantitative estimate of drug-likeness (QED) is 0.146. The van der Waals surface area contributed by atoms with Gasteiger partial charge in [-0.05, 0) is 25.9 Å². The summed E-state index contributed by atoms with van der Waals surface area (Å²) in [6.45, 7) is 8.79. The Morgan fingerprint density at radius 2 is 1.16 bits per heavy atom. The van der Waals surface area contributed by atoms with Crippen LogP contribution in [0, 0.1) is 0 Å². The SMILES string of the molecule is NCCCN(CCCN)NCCNCCNCCN. The number of nitrogens with one attached hydrogen (secondary N) is 3. The van der Waals surface area contributed by atoms with Crippen molar-refractivity contribution in [1.29, 1.82) is 0 Å². The van der Waals surface area contributed by atoms with Gasteiger partial charge in [-0.15, -0.1) is 0 Å². The first-order valence-electron chi connectivity index (χ1n) is 7.35. The molecule has 0 bridgehead atoms. The molecule has 0 atom stereocenters. The van der Waals surface area contributed by atoms with Crippen molar-refractivity contribution in [2.75, 3.05) is 65.4 Å². The Hall–Kier alpha value is -0.280. The van der Waals surface area contributed by atoms with Gasteiger partial charge in [0.15, 0.2) is 0 Å². The largest absolute Gasteiger partial charge is 0.330 e. The molecule has 0 aromatic rings. The van der Waals surface area contributed by atoms with E-state index in [1.807, 2.05) is 0 Å². The number of hydrogen-bond acceptors (Lipinski definition) is 7. The van der Waals surface area contributed by atoms with Crippen LogP contribution in [0.25, 0.3) is 0 Å². The van der Waals surface area contributed by atoms with Crippen LogP contribution in [-0.2, 0) is 0 Å². The molecule has 9 N–H and O–H groups in total. The Labute approximate surface area is 117 Å². The van der Waals surface area contributed by atoms with E-state index in [4.69, 9.17) is 17.2 Å². The molecule has 0 saturated heterocycles. The smallest absolute Gasteiger partial charge is 0.0227 e. The van der Waals surface area contributed by atoms with Gasteiger partial charge < -0.3 is 27.8 Å². The Balaban J connectivity index is 3.40. The minimum Gasteiger partial charge on any atom is -0.330 e. The summed E-state index contributed by atoms with van der Waals surface area (Å²) in [6, 6.07) is 0. The van der Waals surface area contributed by atoms with Crippen LogP contribution >= 0.6 is 0 Å². The Morgan fingerprint density at radius 1 is 0.632 bits per heavy atom. The number of hydrogen-bond donors (Lipinski definition) is 6. The molecule has 0 unspecified atom stereocenters. The molecule has 19 heavy (non-hydrogen) atoms. The maximum atomic E-state index is 5.53. The summed E-state index contributed by atoms with van der Waals surface area (Å²) in [4.78, 5) is 0. The summed E-state index contributed by atoms with van der Waals surface area (Å²) < 4.78 is 0. The summed E-state index contributed by atoms with van der Waals surface area (Å²) in [5.74, 6) is 0. The third-order valence-electron chi connectivity index (χ3n) is 2.70. The Kier molecular flexibility index (Phi) is 15.5. The first-order valence-corrected chi connectivity index (χ1v) is 7.35. The molecule has 0 aliphatic rings. The molecule has 7 heteroatoms. The summed E-state index contributed by atoms with van der Waals surface area (Å²) in [5, 5.41) is 8.83. The van der Waals surface area contributed by atoms with Gasteiger partial charge in [-0.3, -0.25) is 5.43 Å². The molecule has 0 amide bonds. The second kappa shape index (κ2) is 15.8. The molecule has 0 fully saturated rings. The van der Waals surface area contributed by atoms with Crippen LogP contribution in [-0.4, -0.2) is 70.5 Å². The third kappa shape index (κ3) is 13.9. The van der Waals surface area contributed by atoms with Crippen molar-refractivity contribution in [3.8, 4) is 0 Å². The molecular weight excluding hydrogens is 242 g/mol. The van der Waals surface area contributed by atoms with Crippen molar-refractivity contribution in [3.63, 3.8) is 0 Å². The lowest BCUT2D eigenvalue weighted by molar-refractivity contribution is 0.185. The summed E-state index contributed by atoms with van der Waals surface area (Å²) in [6.07, 6.45) is 2.02. The fourth-order valence-corrected chi connectivity index (χ4v) is 1.67. The maximum Gasteiger partial charge on any atom is 0.0227 e. The van der Waals surface area contributed by atoms with Crippen LogP contribution in [0.1, 0.15) is 12.8 Å². The summed E-state index contributed by atoms with van der Waals surface area (Å²) >= 11 is 0. The van der Waals surface area contributed by atoms with E-state index in [0.717, 1.165) is 71.7 Å². The van der Waals surface area contributed by atoms with E-state index >= 15 is 0 Å². The molecule has 0 heterocycles. The predicted octanol–water partition coefficient (Wildman–Crippen LogP) is -2.37. The zero-order chi connectivity index (χ0) is 14.2. The molecule has 0 spiro atoms. The Bertz CT molecular complexity index is 160. The lowest BCUT2D eigenvalue weighted by Crippen LogP contribution is -2.44. The second-order valence-corrected chi connectivity index (χ2v) is 4.47. The second-order valence-electron chi connectivity index (χ2n) is 4.47. The molecule has 0 radical (unpaired) electrons. The number of hydrazine groups is 1. The number of nitrogens with zero attached hydrogens (tertiary/aromatic N) is 1. The zero-order valence-electron chi connectivity index (χ0n) is 12.2. The molecule has 0 aromatic heterocycles. The standard InChI is InChI=1S/C12H33N7/c13-3-1-11-19(12-2-4-14)18-10-9-17-8-7-16-6-5-15/h16-18H,1-15H2. The minimum atomic E-state index is 0.693. The van der Waals surface area contributed by atoms with Crippen LogP contribution < -0.4 is 33.3 Å². The maximum absolute atomic E-state index is 5.53. The van der Waals surface area contributed by atoms with Crippen LogP contribution in [0.4, 0.5) is 0 Å². The summed E-state index contributed by atoms with van der Waals surface area (Å²) in [5.41, 5.74) is 19.9. The van der Waals surface area contributed by atoms with Gasteiger partial charge in [0.25, 0.3) is 0 Å². The predicted molar refractivity (Wildman–Crippen MR) is 81.7 cm³/mol. The molecule has 7 nitrogen and oxygen atoms in total. The average Bonchev–Trinajstić information content (AvgIpc) is 2.43. The van der Waals surface area contributed by atoms with Crippen molar-refractivity contribution in [2.45, 2.75) is 12.8 Å². The van der Waals surface area contributed by atoms with Crippen LogP contribution in [0.3, 0.4) is 0 Å². The molecule has 0 aliphatic heterocycles. The van der Waals surface area contributed by atoms with Crippen LogP contribution in [0.15, 0.2) is 0 Å². The average molecular weight is 275 g/mol. The summed E-state index contributed by atoms with van der Waals surface area (Å²) in [7, 11) is 0. The van der Waals surface area contributed by atoms with E-state index in [-0.39, 0.29) is 0 Å². The fourth-order valence-electron chi connectivity index (χ4n) is 1.67. The van der Waals surface area contributed by atoms with E-state index in [1.165, 1.54) is 0 Å². The monoisotopic (exact) mass is 275 g/mol. The lowest BCUT2D eigenvalue weighted by atomic mass is 10.3. The van der Waals surface area contributed by atoms with Gasteiger partial charge in [0.2, 0.25) is 0 Å². The molecular formula is C12H33N7. The van der Waals surface area contributed by atoms with E-state index in [1.54, 1.807) is 0 Å². The van der Waals surface area contributed by atoms with Crippen LogP contribution in [0.2, 0.25) is 0 Å². The van der Waals surface area contributed by atoms with E-state index in [2.05, 4.69) is 21.1 Å². The zero-order valence-corrected chi connectivity index (χ0v) is 12.2. The van der Waals surface area contributed by atoms with Crippen molar-refractivity contribution in [2.24, 2.45) is 17.2 Å². The molecule has 0 saturated carbocycles. The van der Waals surface area contributed by atoms with E-state index < -0.39 is 0 Å². The molecule has 116 valence electrons. The third-order valence-corrected chi connectivity index (χ3v) is 2.70. The molecule has 0 aliphatic carbocycles. The van der Waals surface area contributed by atoms with E-state index in [9.17, 15) is 0 Å².